The molecule has 2 aromatic rings. The number of hydrogen-bond acceptors (Lipinski definition) is 4. The molecule has 0 aromatic heterocycles. The van der Waals surface area contributed by atoms with E-state index in [0.29, 0.717) is 16.8 Å². The second-order valence-corrected chi connectivity index (χ2v) is 7.38. The molecule has 22 heavy (non-hydrogen) atoms. The molecule has 5 heteroatoms. The Hall–Kier alpha value is -1.72. The van der Waals surface area contributed by atoms with Gasteiger partial charge in [0.05, 0.1) is 16.8 Å². The van der Waals surface area contributed by atoms with Gasteiger partial charge in [-0.25, -0.2) is 4.90 Å². The zero-order chi connectivity index (χ0) is 15.5. The minimum Gasteiger partial charge on any atom is -0.268 e. The van der Waals surface area contributed by atoms with Crippen LogP contribution in [0.3, 0.4) is 0 Å². The predicted octanol–water partition coefficient (Wildman–Crippen LogP) is 4.64. The molecule has 1 aliphatic heterocycles. The lowest BCUT2D eigenvalue weighted by Gasteiger charge is -2.14. The van der Waals surface area contributed by atoms with Crippen LogP contribution in [-0.2, 0) is 0 Å². The van der Waals surface area contributed by atoms with E-state index in [1.807, 2.05) is 24.3 Å². The lowest BCUT2D eigenvalue weighted by molar-refractivity contribution is 0.0926. The van der Waals surface area contributed by atoms with Gasteiger partial charge in [-0.05, 0) is 42.8 Å². The minimum absolute atomic E-state index is 0.249. The quantitative estimate of drug-likeness (QED) is 0.455. The van der Waals surface area contributed by atoms with E-state index < -0.39 is 0 Å². The van der Waals surface area contributed by atoms with Crippen molar-refractivity contribution in [2.75, 3.05) is 10.7 Å². The maximum absolute atomic E-state index is 12.4. The van der Waals surface area contributed by atoms with Crippen LogP contribution in [-0.4, -0.2) is 17.6 Å². The number of carbonyl (C=O) groups is 2. The average molecular weight is 329 g/mol. The number of benzene rings is 2. The summed E-state index contributed by atoms with van der Waals surface area (Å²) in [5.41, 5.74) is 1.57. The van der Waals surface area contributed by atoms with E-state index in [2.05, 4.69) is 6.92 Å². The third-order valence-electron chi connectivity index (χ3n) is 3.33. The lowest BCUT2D eigenvalue weighted by atomic mass is 10.1. The monoisotopic (exact) mass is 329 g/mol. The summed E-state index contributed by atoms with van der Waals surface area (Å²) in [6.45, 7) is 2.15. The molecule has 0 saturated carbocycles. The first-order chi connectivity index (χ1) is 10.7. The van der Waals surface area contributed by atoms with Gasteiger partial charge in [0.1, 0.15) is 0 Å². The number of anilines is 1. The van der Waals surface area contributed by atoms with Crippen LogP contribution < -0.4 is 4.90 Å². The van der Waals surface area contributed by atoms with Crippen LogP contribution in [0.1, 0.15) is 34.1 Å². The first kappa shape index (κ1) is 15.2. The Balaban J connectivity index is 1.81. The Labute approximate surface area is 137 Å². The summed E-state index contributed by atoms with van der Waals surface area (Å²) < 4.78 is 0. The number of carbonyl (C=O) groups excluding carboxylic acids is 2. The average Bonchev–Trinajstić information content (AvgIpc) is 2.81. The molecule has 2 amide bonds. The highest BCUT2D eigenvalue weighted by molar-refractivity contribution is 8.76. The first-order valence-corrected chi connectivity index (χ1v) is 9.41. The van der Waals surface area contributed by atoms with Gasteiger partial charge in [0, 0.05) is 10.6 Å². The molecule has 0 N–H and O–H groups in total. The van der Waals surface area contributed by atoms with Gasteiger partial charge in [0.25, 0.3) is 11.8 Å². The predicted molar refractivity (Wildman–Crippen MR) is 92.6 cm³/mol. The van der Waals surface area contributed by atoms with Crippen LogP contribution in [0, 0.1) is 0 Å². The minimum atomic E-state index is -0.249. The van der Waals surface area contributed by atoms with Gasteiger partial charge in [0.15, 0.2) is 0 Å². The van der Waals surface area contributed by atoms with Crippen molar-refractivity contribution in [3.63, 3.8) is 0 Å². The molecule has 0 bridgehead atoms. The lowest BCUT2D eigenvalue weighted by Crippen LogP contribution is -2.29. The fourth-order valence-electron chi connectivity index (χ4n) is 2.27. The van der Waals surface area contributed by atoms with Crippen molar-refractivity contribution in [1.82, 2.24) is 0 Å². The molecule has 2 aromatic carbocycles. The van der Waals surface area contributed by atoms with Gasteiger partial charge in [-0.1, -0.05) is 40.6 Å². The number of nitrogens with zero attached hydrogens (tertiary/aromatic N) is 1. The molecule has 1 heterocycles. The van der Waals surface area contributed by atoms with Crippen molar-refractivity contribution in [1.29, 1.82) is 0 Å². The third-order valence-corrected chi connectivity index (χ3v) is 5.92. The standard InChI is InChI=1S/C17H15NO2S2/c1-2-11-21-22-13-9-7-12(8-10-13)18-16(19)14-5-3-4-6-15(14)17(18)20/h3-10H,2,11H2,1H3. The van der Waals surface area contributed by atoms with Gasteiger partial charge in [0.2, 0.25) is 0 Å². The second kappa shape index (κ2) is 6.58. The van der Waals surface area contributed by atoms with Crippen molar-refractivity contribution in [3.8, 4) is 0 Å². The summed E-state index contributed by atoms with van der Waals surface area (Å²) in [5.74, 6) is 0.605. The van der Waals surface area contributed by atoms with Crippen molar-refractivity contribution in [2.45, 2.75) is 18.2 Å². The van der Waals surface area contributed by atoms with E-state index in [0.717, 1.165) is 17.1 Å². The smallest absolute Gasteiger partial charge is 0.266 e. The number of hydrogen-bond donors (Lipinski definition) is 0. The van der Waals surface area contributed by atoms with Gasteiger partial charge in [-0.2, -0.15) is 0 Å². The van der Waals surface area contributed by atoms with Crippen LogP contribution in [0.4, 0.5) is 5.69 Å². The molecule has 112 valence electrons. The summed E-state index contributed by atoms with van der Waals surface area (Å²) in [4.78, 5) is 27.2. The van der Waals surface area contributed by atoms with E-state index in [4.69, 9.17) is 0 Å². The number of fused-ring (bicyclic) bond motifs is 1. The van der Waals surface area contributed by atoms with Gasteiger partial charge < -0.3 is 0 Å². The maximum atomic E-state index is 12.4. The summed E-state index contributed by atoms with van der Waals surface area (Å²) in [7, 11) is 3.52. The third kappa shape index (κ3) is 2.78. The Kier molecular flexibility index (Phi) is 4.55. The van der Waals surface area contributed by atoms with Crippen LogP contribution in [0.2, 0.25) is 0 Å². The molecule has 0 atom stereocenters. The summed E-state index contributed by atoms with van der Waals surface area (Å²) in [5, 5.41) is 0. The van der Waals surface area contributed by atoms with E-state index in [-0.39, 0.29) is 11.8 Å². The number of amides is 2. The van der Waals surface area contributed by atoms with Gasteiger partial charge in [-0.15, -0.1) is 0 Å². The second-order valence-electron chi connectivity index (χ2n) is 4.89. The van der Waals surface area contributed by atoms with E-state index in [9.17, 15) is 9.59 Å². The highest BCUT2D eigenvalue weighted by Gasteiger charge is 2.36. The zero-order valence-electron chi connectivity index (χ0n) is 12.1. The molecule has 0 unspecified atom stereocenters. The molecule has 0 fully saturated rings. The summed E-state index contributed by atoms with van der Waals surface area (Å²) in [6.07, 6.45) is 1.14. The number of imide groups is 1. The van der Waals surface area contributed by atoms with Crippen molar-refractivity contribution < 1.29 is 9.59 Å². The van der Waals surface area contributed by atoms with Gasteiger partial charge >= 0.3 is 0 Å². The van der Waals surface area contributed by atoms with Crippen LogP contribution in [0.15, 0.2) is 53.4 Å². The van der Waals surface area contributed by atoms with Crippen molar-refractivity contribution in [3.05, 3.63) is 59.7 Å². The van der Waals surface area contributed by atoms with Crippen LogP contribution in [0.25, 0.3) is 0 Å². The first-order valence-electron chi connectivity index (χ1n) is 7.09. The SMILES string of the molecule is CCCSSc1ccc(N2C(=O)c3ccccc3C2=O)cc1. The molecule has 0 saturated heterocycles. The highest BCUT2D eigenvalue weighted by Crippen LogP contribution is 2.34. The largest absolute Gasteiger partial charge is 0.268 e. The molecule has 0 radical (unpaired) electrons. The number of rotatable bonds is 5. The van der Waals surface area contributed by atoms with Crippen LogP contribution >= 0.6 is 21.6 Å². The molecule has 0 spiro atoms. The Morgan fingerprint density at radius 3 is 2.05 bits per heavy atom. The van der Waals surface area contributed by atoms with E-state index in [1.165, 1.54) is 4.90 Å². The van der Waals surface area contributed by atoms with Crippen molar-refractivity contribution >= 4 is 39.1 Å². The summed E-state index contributed by atoms with van der Waals surface area (Å²) in [6, 6.07) is 14.5. The fraction of sp³-hybridized carbons (Fsp3) is 0.176. The van der Waals surface area contributed by atoms with E-state index >= 15 is 0 Å². The molecular formula is C17H15NO2S2. The highest BCUT2D eigenvalue weighted by atomic mass is 33.1. The van der Waals surface area contributed by atoms with Crippen molar-refractivity contribution in [2.24, 2.45) is 0 Å². The normalized spacial score (nSPS) is 13.6. The Morgan fingerprint density at radius 2 is 1.50 bits per heavy atom. The fourth-order valence-corrected chi connectivity index (χ4v) is 4.39. The van der Waals surface area contributed by atoms with Crippen LogP contribution in [0.5, 0.6) is 0 Å². The van der Waals surface area contributed by atoms with Gasteiger partial charge in [-0.3, -0.25) is 9.59 Å². The molecule has 3 nitrogen and oxygen atoms in total. The Morgan fingerprint density at radius 1 is 0.909 bits per heavy atom. The molecule has 3 rings (SSSR count). The topological polar surface area (TPSA) is 37.4 Å². The van der Waals surface area contributed by atoms with E-state index in [1.54, 1.807) is 45.9 Å². The Bertz CT molecular complexity index is 678. The zero-order valence-corrected chi connectivity index (χ0v) is 13.7. The molecule has 1 aliphatic rings. The maximum Gasteiger partial charge on any atom is 0.266 e. The summed E-state index contributed by atoms with van der Waals surface area (Å²) >= 11 is 0. The molecule has 0 aliphatic carbocycles. The molecular weight excluding hydrogens is 314 g/mol.